The van der Waals surface area contributed by atoms with Crippen LogP contribution in [0.3, 0.4) is 0 Å². The smallest absolute Gasteiger partial charge is 0.261 e. The molecule has 3 unspecified atom stereocenters. The molecule has 2 aliphatic rings. The van der Waals surface area contributed by atoms with Crippen molar-refractivity contribution in [3.8, 4) is 0 Å². The molecule has 0 radical (unpaired) electrons. The summed E-state index contributed by atoms with van der Waals surface area (Å²) in [5.74, 6) is 0. The second-order valence-electron chi connectivity index (χ2n) is 10.7. The summed E-state index contributed by atoms with van der Waals surface area (Å²) in [5.41, 5.74) is 4.17. The monoisotopic (exact) mass is 474 g/mol. The molecule has 5 rings (SSSR count). The van der Waals surface area contributed by atoms with Crippen molar-refractivity contribution in [1.82, 2.24) is 9.55 Å². The van der Waals surface area contributed by atoms with Crippen molar-refractivity contribution in [3.05, 3.63) is 74.1 Å². The highest BCUT2D eigenvalue weighted by Crippen LogP contribution is 2.27. The summed E-state index contributed by atoms with van der Waals surface area (Å²) >= 11 is 0. The van der Waals surface area contributed by atoms with E-state index in [0.29, 0.717) is 5.39 Å². The van der Waals surface area contributed by atoms with Gasteiger partial charge in [0.2, 0.25) is 0 Å². The molecule has 0 saturated heterocycles. The zero-order valence-corrected chi connectivity index (χ0v) is 21.2. The molecule has 1 aliphatic carbocycles. The summed E-state index contributed by atoms with van der Waals surface area (Å²) in [5, 5.41) is 13.4. The van der Waals surface area contributed by atoms with Crippen molar-refractivity contribution >= 4 is 23.2 Å². The second-order valence-corrected chi connectivity index (χ2v) is 10.7. The van der Waals surface area contributed by atoms with E-state index in [1.165, 1.54) is 5.56 Å². The topological polar surface area (TPSA) is 64.3 Å². The molecule has 2 aromatic carbocycles. The SMILES string of the molecule is COC(C)c1ccc(Cc2cc3c(=O)n(C4CCCCC4O)cnc3c3c2=C[N+](C)(C)CC=3)cc1. The number of quaternary nitrogens is 1. The molecule has 0 bridgehead atoms. The van der Waals surface area contributed by atoms with E-state index in [-0.39, 0.29) is 17.7 Å². The van der Waals surface area contributed by atoms with Gasteiger partial charge in [0, 0.05) is 17.5 Å². The van der Waals surface area contributed by atoms with E-state index in [1.54, 1.807) is 18.0 Å². The number of fused-ring (bicyclic) bond motifs is 3. The van der Waals surface area contributed by atoms with E-state index >= 15 is 0 Å². The number of methoxy groups -OCH3 is 1. The number of aliphatic hydroxyl groups excluding tert-OH is 1. The van der Waals surface area contributed by atoms with Gasteiger partial charge in [-0.3, -0.25) is 13.8 Å². The molecule has 1 aliphatic heterocycles. The Morgan fingerprint density at radius 3 is 2.63 bits per heavy atom. The van der Waals surface area contributed by atoms with E-state index < -0.39 is 6.10 Å². The standard InChI is InChI=1S/C29H36N3O3/c1-19(35-4)21-11-9-20(10-12-21)15-22-16-24-28(23-13-14-32(2,3)17-25(22)23)30-18-31(29(24)34)26-7-5-6-8-27(26)33/h9-13,16-19,26-27,33H,5-8,14-15H2,1-4H3/q+1. The highest BCUT2D eigenvalue weighted by Gasteiger charge is 2.27. The molecular formula is C29H36N3O3+. The second kappa shape index (κ2) is 9.34. The van der Waals surface area contributed by atoms with Crippen LogP contribution in [0.5, 0.6) is 0 Å². The van der Waals surface area contributed by atoms with Gasteiger partial charge in [-0.1, -0.05) is 37.1 Å². The van der Waals surface area contributed by atoms with Gasteiger partial charge >= 0.3 is 0 Å². The third kappa shape index (κ3) is 4.58. The molecule has 184 valence electrons. The molecule has 2 heterocycles. The number of benzene rings is 2. The minimum atomic E-state index is -0.496. The van der Waals surface area contributed by atoms with Crippen LogP contribution in [-0.2, 0) is 11.2 Å². The van der Waals surface area contributed by atoms with Crippen LogP contribution in [0, 0.1) is 0 Å². The Kier molecular flexibility index (Phi) is 6.38. The Morgan fingerprint density at radius 2 is 1.91 bits per heavy atom. The molecule has 35 heavy (non-hydrogen) atoms. The van der Waals surface area contributed by atoms with Crippen molar-refractivity contribution < 1.29 is 14.3 Å². The third-order valence-corrected chi connectivity index (χ3v) is 7.73. The number of hydrogen-bond donors (Lipinski definition) is 1. The van der Waals surface area contributed by atoms with Crippen LogP contribution in [0.1, 0.15) is 61.4 Å². The first-order valence-electron chi connectivity index (χ1n) is 12.7. The summed E-state index contributed by atoms with van der Waals surface area (Å²) in [6.07, 6.45) is 10.0. The van der Waals surface area contributed by atoms with Gasteiger partial charge in [0.05, 0.1) is 49.6 Å². The van der Waals surface area contributed by atoms with Crippen LogP contribution in [0.15, 0.2) is 41.5 Å². The van der Waals surface area contributed by atoms with Crippen molar-refractivity contribution in [2.24, 2.45) is 0 Å². The minimum Gasteiger partial charge on any atom is -0.391 e. The molecule has 1 saturated carbocycles. The lowest BCUT2D eigenvalue weighted by molar-refractivity contribution is -0.802. The summed E-state index contributed by atoms with van der Waals surface area (Å²) in [4.78, 5) is 18.5. The molecule has 1 aromatic heterocycles. The van der Waals surface area contributed by atoms with E-state index in [0.717, 1.165) is 70.2 Å². The summed E-state index contributed by atoms with van der Waals surface area (Å²) in [7, 11) is 6.09. The summed E-state index contributed by atoms with van der Waals surface area (Å²) in [6.45, 7) is 2.89. The lowest BCUT2D eigenvalue weighted by atomic mass is 9.92. The lowest BCUT2D eigenvalue weighted by Gasteiger charge is -2.29. The molecule has 3 aromatic rings. The van der Waals surface area contributed by atoms with Crippen LogP contribution >= 0.6 is 0 Å². The Hall–Kier alpha value is -2.80. The lowest BCUT2D eigenvalue weighted by Crippen LogP contribution is -2.46. The Balaban J connectivity index is 1.66. The van der Waals surface area contributed by atoms with E-state index in [1.807, 2.05) is 13.0 Å². The van der Waals surface area contributed by atoms with Crippen LogP contribution in [-0.4, -0.2) is 53.0 Å². The van der Waals surface area contributed by atoms with Crippen LogP contribution in [0.2, 0.25) is 0 Å². The zero-order valence-electron chi connectivity index (χ0n) is 21.2. The van der Waals surface area contributed by atoms with Crippen molar-refractivity contribution in [2.75, 3.05) is 27.7 Å². The minimum absolute atomic E-state index is 0.0537. The van der Waals surface area contributed by atoms with Gasteiger partial charge in [-0.15, -0.1) is 0 Å². The predicted molar refractivity (Wildman–Crippen MR) is 139 cm³/mol. The number of aliphatic hydroxyl groups is 1. The first kappa shape index (κ1) is 23.9. The fourth-order valence-electron chi connectivity index (χ4n) is 5.53. The molecule has 1 N–H and O–H groups in total. The largest absolute Gasteiger partial charge is 0.391 e. The maximum absolute atomic E-state index is 13.7. The number of nitrogens with zero attached hydrogens (tertiary/aromatic N) is 3. The van der Waals surface area contributed by atoms with Crippen molar-refractivity contribution in [2.45, 2.75) is 57.3 Å². The predicted octanol–water partition coefficient (Wildman–Crippen LogP) is 2.78. The number of ether oxygens (including phenoxy) is 1. The highest BCUT2D eigenvalue weighted by molar-refractivity contribution is 5.80. The summed E-state index contributed by atoms with van der Waals surface area (Å²) < 4.78 is 7.88. The summed E-state index contributed by atoms with van der Waals surface area (Å²) in [6, 6.07) is 10.4. The molecule has 0 spiro atoms. The van der Waals surface area contributed by atoms with Gasteiger partial charge < -0.3 is 9.84 Å². The van der Waals surface area contributed by atoms with Crippen molar-refractivity contribution in [1.29, 1.82) is 0 Å². The van der Waals surface area contributed by atoms with Gasteiger partial charge in [0.1, 0.15) is 12.7 Å². The number of hydrogen-bond acceptors (Lipinski definition) is 4. The van der Waals surface area contributed by atoms with Gasteiger partial charge in [0.25, 0.3) is 5.56 Å². The van der Waals surface area contributed by atoms with E-state index in [9.17, 15) is 9.90 Å². The Labute approximate surface area is 206 Å². The normalized spacial score (nSPS) is 22.2. The first-order valence-corrected chi connectivity index (χ1v) is 12.7. The van der Waals surface area contributed by atoms with Crippen LogP contribution in [0.4, 0.5) is 0 Å². The van der Waals surface area contributed by atoms with E-state index in [4.69, 9.17) is 9.72 Å². The quantitative estimate of drug-likeness (QED) is 0.578. The van der Waals surface area contributed by atoms with Crippen molar-refractivity contribution in [3.63, 3.8) is 0 Å². The van der Waals surface area contributed by atoms with Gasteiger partial charge in [-0.05, 0) is 55.0 Å². The maximum Gasteiger partial charge on any atom is 0.261 e. The molecular weight excluding hydrogens is 438 g/mol. The Bertz CT molecular complexity index is 1420. The highest BCUT2D eigenvalue weighted by atomic mass is 16.5. The fourth-order valence-corrected chi connectivity index (χ4v) is 5.53. The maximum atomic E-state index is 13.7. The van der Waals surface area contributed by atoms with Crippen LogP contribution < -0.4 is 16.0 Å². The average Bonchev–Trinajstić information content (AvgIpc) is 2.85. The molecule has 3 atom stereocenters. The van der Waals surface area contributed by atoms with Gasteiger partial charge in [-0.25, -0.2) is 4.98 Å². The third-order valence-electron chi connectivity index (χ3n) is 7.73. The average molecular weight is 475 g/mol. The Morgan fingerprint density at radius 1 is 1.17 bits per heavy atom. The van der Waals surface area contributed by atoms with E-state index in [2.05, 4.69) is 50.6 Å². The number of aromatic nitrogens is 2. The van der Waals surface area contributed by atoms with Gasteiger partial charge in [0.15, 0.2) is 0 Å². The molecule has 6 nitrogen and oxygen atoms in total. The number of rotatable bonds is 5. The zero-order chi connectivity index (χ0) is 24.7. The van der Waals surface area contributed by atoms with Crippen LogP contribution in [0.25, 0.3) is 23.2 Å². The van der Waals surface area contributed by atoms with Gasteiger partial charge in [-0.2, -0.15) is 0 Å². The molecule has 6 heteroatoms. The molecule has 1 fully saturated rings. The fraction of sp³-hybridized carbons (Fsp3) is 0.448. The first-order chi connectivity index (χ1) is 16.8. The molecule has 0 amide bonds.